The molecule has 10 heteroatoms. The number of nitrogens with one attached hydrogen (secondary N) is 1. The van der Waals surface area contributed by atoms with E-state index in [0.29, 0.717) is 28.6 Å². The summed E-state index contributed by atoms with van der Waals surface area (Å²) in [5.74, 6) is -1.63. The van der Waals surface area contributed by atoms with Crippen LogP contribution in [-0.4, -0.2) is 23.1 Å². The number of halogens is 4. The Balaban J connectivity index is 1.94. The Morgan fingerprint density at radius 2 is 1.93 bits per heavy atom. The number of aryl methyl sites for hydroxylation is 1. The van der Waals surface area contributed by atoms with Crippen LogP contribution in [0.1, 0.15) is 11.1 Å². The topological polar surface area (TPSA) is 77.4 Å². The molecule has 2 aromatic rings. The zero-order chi connectivity index (χ0) is 20.2. The molecule has 0 unspecified atom stereocenters. The molecule has 1 N–H and O–H groups in total. The van der Waals surface area contributed by atoms with Crippen LogP contribution in [0.2, 0.25) is 0 Å². The van der Waals surface area contributed by atoms with Crippen molar-refractivity contribution >= 4 is 33.5 Å². The van der Waals surface area contributed by atoms with Gasteiger partial charge in [-0.25, -0.2) is 0 Å². The highest BCUT2D eigenvalue weighted by atomic mass is 79.9. The van der Waals surface area contributed by atoms with Crippen LogP contribution in [0.3, 0.4) is 0 Å². The van der Waals surface area contributed by atoms with Crippen LogP contribution in [0.25, 0.3) is 0 Å². The molecule has 0 saturated carbocycles. The lowest BCUT2D eigenvalue weighted by molar-refractivity contribution is -0.148. The number of aromatic nitrogens is 1. The van der Waals surface area contributed by atoms with E-state index in [0.717, 1.165) is 10.0 Å². The summed E-state index contributed by atoms with van der Waals surface area (Å²) in [6.45, 7) is 0.391. The van der Waals surface area contributed by atoms with Gasteiger partial charge in [0.05, 0.1) is 5.56 Å². The molecular formula is C17H14BrF3N2O4. The molecule has 0 saturated heterocycles. The third-order valence-corrected chi connectivity index (χ3v) is 3.93. The normalized spacial score (nSPS) is 11.1. The average molecular weight is 447 g/mol. The number of nitrogens with zero attached hydrogens (tertiary/aromatic N) is 1. The minimum absolute atomic E-state index is 0.522. The number of rotatable bonds is 5. The molecule has 0 aliphatic heterocycles. The Labute approximate surface area is 160 Å². The van der Waals surface area contributed by atoms with Crippen LogP contribution >= 0.6 is 15.9 Å². The Bertz CT molecular complexity index is 925. The highest BCUT2D eigenvalue weighted by Gasteiger charge is 2.31. The summed E-state index contributed by atoms with van der Waals surface area (Å²) in [4.78, 5) is 35.2. The molecule has 6 nitrogen and oxygen atoms in total. The number of hydrogen-bond donors (Lipinski definition) is 1. The fraction of sp³-hybridized carbons (Fsp3) is 0.235. The smallest absolute Gasteiger partial charge is 0.417 e. The average Bonchev–Trinajstić information content (AvgIpc) is 2.56. The van der Waals surface area contributed by atoms with Crippen molar-refractivity contribution in [2.45, 2.75) is 19.6 Å². The zero-order valence-electron chi connectivity index (χ0n) is 14.0. The minimum Gasteiger partial charge on any atom is -0.454 e. The van der Waals surface area contributed by atoms with E-state index < -0.39 is 42.3 Å². The zero-order valence-corrected chi connectivity index (χ0v) is 15.6. The lowest BCUT2D eigenvalue weighted by Gasteiger charge is -2.11. The van der Waals surface area contributed by atoms with Gasteiger partial charge in [-0.05, 0) is 36.8 Å². The molecular weight excluding hydrogens is 433 g/mol. The molecule has 0 aliphatic rings. The Morgan fingerprint density at radius 1 is 1.22 bits per heavy atom. The van der Waals surface area contributed by atoms with Crippen molar-refractivity contribution in [1.29, 1.82) is 0 Å². The fourth-order valence-corrected chi connectivity index (χ4v) is 2.58. The number of amides is 1. The van der Waals surface area contributed by atoms with Crippen LogP contribution in [0.15, 0.2) is 45.8 Å². The molecule has 1 heterocycles. The number of carbonyl (C=O) groups excluding carboxylic acids is 2. The van der Waals surface area contributed by atoms with Crippen LogP contribution in [0, 0.1) is 6.92 Å². The van der Waals surface area contributed by atoms with E-state index in [1.165, 1.54) is 0 Å². The number of esters is 1. The van der Waals surface area contributed by atoms with Crippen molar-refractivity contribution in [2.24, 2.45) is 0 Å². The molecule has 1 amide bonds. The monoisotopic (exact) mass is 446 g/mol. The molecule has 2 rings (SSSR count). The molecule has 0 bridgehead atoms. The molecule has 0 atom stereocenters. The second kappa shape index (κ2) is 8.38. The maximum absolute atomic E-state index is 12.7. The number of alkyl halides is 3. The number of hydrogen-bond acceptors (Lipinski definition) is 4. The van der Waals surface area contributed by atoms with Gasteiger partial charge in [-0.2, -0.15) is 13.2 Å². The van der Waals surface area contributed by atoms with Gasteiger partial charge in [0.1, 0.15) is 6.54 Å². The third-order valence-electron chi connectivity index (χ3n) is 3.44. The van der Waals surface area contributed by atoms with Crippen molar-refractivity contribution in [2.75, 3.05) is 11.9 Å². The van der Waals surface area contributed by atoms with Gasteiger partial charge < -0.3 is 14.6 Å². The molecule has 0 aliphatic carbocycles. The van der Waals surface area contributed by atoms with Gasteiger partial charge in [-0.3, -0.25) is 14.4 Å². The molecule has 144 valence electrons. The summed E-state index contributed by atoms with van der Waals surface area (Å²) < 4.78 is 44.1. The third kappa shape index (κ3) is 5.95. The first kappa shape index (κ1) is 20.7. The van der Waals surface area contributed by atoms with Crippen molar-refractivity contribution in [1.82, 2.24) is 4.57 Å². The van der Waals surface area contributed by atoms with Crippen molar-refractivity contribution < 1.29 is 27.5 Å². The van der Waals surface area contributed by atoms with Gasteiger partial charge in [0.2, 0.25) is 0 Å². The summed E-state index contributed by atoms with van der Waals surface area (Å²) in [6, 6.07) is 6.48. The summed E-state index contributed by atoms with van der Waals surface area (Å²) in [6.07, 6.45) is -4.13. The van der Waals surface area contributed by atoms with Crippen LogP contribution < -0.4 is 10.9 Å². The fourth-order valence-electron chi connectivity index (χ4n) is 2.11. The molecule has 0 fully saturated rings. The van der Waals surface area contributed by atoms with E-state index in [2.05, 4.69) is 21.2 Å². The Hall–Kier alpha value is -2.62. The lowest BCUT2D eigenvalue weighted by Crippen LogP contribution is -2.28. The van der Waals surface area contributed by atoms with E-state index in [1.54, 1.807) is 25.1 Å². The Morgan fingerprint density at radius 3 is 2.56 bits per heavy atom. The second-order valence-electron chi connectivity index (χ2n) is 5.55. The summed E-state index contributed by atoms with van der Waals surface area (Å²) in [5.41, 5.74) is -0.568. The molecule has 0 spiro atoms. The largest absolute Gasteiger partial charge is 0.454 e. The van der Waals surface area contributed by atoms with Crippen LogP contribution in [0.5, 0.6) is 0 Å². The van der Waals surface area contributed by atoms with Gasteiger partial charge in [0.25, 0.3) is 11.5 Å². The minimum atomic E-state index is -4.65. The number of ether oxygens (including phenoxy) is 1. The van der Waals surface area contributed by atoms with Crippen molar-refractivity contribution in [3.8, 4) is 0 Å². The standard InChI is InChI=1S/C17H14BrF3N2O4/c1-10-6-12(18)3-4-13(10)22-14(24)9-27-16(26)8-23-7-11(17(19,20)21)2-5-15(23)25/h2-7H,8-9H2,1H3,(H,22,24). The number of anilines is 1. The first-order valence-electron chi connectivity index (χ1n) is 7.55. The predicted molar refractivity (Wildman–Crippen MR) is 94.2 cm³/mol. The van der Waals surface area contributed by atoms with E-state index in [1.807, 2.05) is 0 Å². The summed E-state index contributed by atoms with van der Waals surface area (Å²) >= 11 is 3.29. The number of pyridine rings is 1. The van der Waals surface area contributed by atoms with E-state index in [9.17, 15) is 27.6 Å². The molecule has 1 aromatic carbocycles. The molecule has 0 radical (unpaired) electrons. The first-order valence-corrected chi connectivity index (χ1v) is 8.35. The van der Waals surface area contributed by atoms with E-state index in [4.69, 9.17) is 4.74 Å². The maximum Gasteiger partial charge on any atom is 0.417 e. The van der Waals surface area contributed by atoms with Gasteiger partial charge in [-0.15, -0.1) is 0 Å². The van der Waals surface area contributed by atoms with Gasteiger partial charge in [0.15, 0.2) is 6.61 Å². The van der Waals surface area contributed by atoms with Crippen LogP contribution in [0.4, 0.5) is 18.9 Å². The predicted octanol–water partition coefficient (Wildman–Crippen LogP) is 3.12. The van der Waals surface area contributed by atoms with Crippen molar-refractivity contribution in [3.63, 3.8) is 0 Å². The number of benzene rings is 1. The lowest BCUT2D eigenvalue weighted by atomic mass is 10.2. The summed E-state index contributed by atoms with van der Waals surface area (Å²) in [5, 5.41) is 2.54. The second-order valence-corrected chi connectivity index (χ2v) is 6.47. The maximum atomic E-state index is 12.7. The van der Waals surface area contributed by atoms with Crippen LogP contribution in [-0.2, 0) is 27.0 Å². The quantitative estimate of drug-likeness (QED) is 0.715. The van der Waals surface area contributed by atoms with Gasteiger partial charge in [-0.1, -0.05) is 15.9 Å². The van der Waals surface area contributed by atoms with E-state index >= 15 is 0 Å². The first-order chi connectivity index (χ1) is 12.6. The SMILES string of the molecule is Cc1cc(Br)ccc1NC(=O)COC(=O)Cn1cc(C(F)(F)F)ccc1=O. The summed E-state index contributed by atoms with van der Waals surface area (Å²) in [7, 11) is 0. The number of carbonyl (C=O) groups is 2. The highest BCUT2D eigenvalue weighted by Crippen LogP contribution is 2.28. The van der Waals surface area contributed by atoms with Gasteiger partial charge in [0, 0.05) is 22.4 Å². The molecule has 1 aromatic heterocycles. The molecule has 27 heavy (non-hydrogen) atoms. The van der Waals surface area contributed by atoms with Crippen molar-refractivity contribution in [3.05, 3.63) is 62.5 Å². The Kier molecular flexibility index (Phi) is 6.42. The van der Waals surface area contributed by atoms with Gasteiger partial charge >= 0.3 is 12.1 Å². The highest BCUT2D eigenvalue weighted by molar-refractivity contribution is 9.10. The van der Waals surface area contributed by atoms with E-state index in [-0.39, 0.29) is 0 Å².